The van der Waals surface area contributed by atoms with Gasteiger partial charge in [0.1, 0.15) is 6.54 Å². The van der Waals surface area contributed by atoms with Gasteiger partial charge in [-0.1, -0.05) is 38.3 Å². The Morgan fingerprint density at radius 1 is 1.19 bits per heavy atom. The first-order chi connectivity index (χ1) is 9.80. The first-order valence-corrected chi connectivity index (χ1v) is 7.76. The fraction of sp³-hybridized carbons (Fsp3) is 0.733. The SMILES string of the molecule is CCCCCCNC(=NCc1cc(CC)no1)NCC.I. The molecule has 6 heteroatoms. The van der Waals surface area contributed by atoms with Crippen LogP contribution in [-0.4, -0.2) is 24.2 Å². The first kappa shape index (κ1) is 20.2. The first-order valence-electron chi connectivity index (χ1n) is 7.76. The van der Waals surface area contributed by atoms with E-state index >= 15 is 0 Å². The van der Waals surface area contributed by atoms with Crippen LogP contribution in [0.5, 0.6) is 0 Å². The molecule has 0 radical (unpaired) electrons. The minimum absolute atomic E-state index is 0. The van der Waals surface area contributed by atoms with Gasteiger partial charge in [0.05, 0.1) is 5.69 Å². The Hall–Kier alpha value is -0.790. The molecule has 0 aromatic carbocycles. The number of guanidine groups is 1. The molecule has 0 aliphatic rings. The average Bonchev–Trinajstić information content (AvgIpc) is 2.92. The van der Waals surface area contributed by atoms with Gasteiger partial charge in [-0.2, -0.15) is 0 Å². The van der Waals surface area contributed by atoms with Crippen molar-refractivity contribution in [1.82, 2.24) is 15.8 Å². The van der Waals surface area contributed by atoms with Gasteiger partial charge in [-0.05, 0) is 19.8 Å². The van der Waals surface area contributed by atoms with Crippen molar-refractivity contribution in [3.8, 4) is 0 Å². The van der Waals surface area contributed by atoms with Gasteiger partial charge in [-0.3, -0.25) is 0 Å². The standard InChI is InChI=1S/C15H28N4O.HI/c1-4-7-8-9-10-17-15(16-6-3)18-12-14-11-13(5-2)19-20-14;/h11H,4-10,12H2,1-3H3,(H2,16,17,18);1H. The smallest absolute Gasteiger partial charge is 0.191 e. The summed E-state index contributed by atoms with van der Waals surface area (Å²) in [6.45, 7) is 8.70. The summed E-state index contributed by atoms with van der Waals surface area (Å²) in [5.41, 5.74) is 0.979. The lowest BCUT2D eigenvalue weighted by molar-refractivity contribution is 0.379. The Bertz CT molecular complexity index is 393. The van der Waals surface area contributed by atoms with Crippen LogP contribution >= 0.6 is 24.0 Å². The highest BCUT2D eigenvalue weighted by Gasteiger charge is 2.02. The third-order valence-electron chi connectivity index (χ3n) is 3.03. The van der Waals surface area contributed by atoms with E-state index in [0.29, 0.717) is 6.54 Å². The number of rotatable bonds is 9. The molecule has 1 heterocycles. The minimum atomic E-state index is 0. The highest BCUT2D eigenvalue weighted by Crippen LogP contribution is 2.05. The monoisotopic (exact) mass is 408 g/mol. The molecule has 0 amide bonds. The molecule has 1 aromatic heterocycles. The quantitative estimate of drug-likeness (QED) is 0.284. The van der Waals surface area contributed by atoms with Crippen molar-refractivity contribution < 1.29 is 4.52 Å². The number of aliphatic imine (C=N–C) groups is 1. The Kier molecular flexibility index (Phi) is 12.4. The lowest BCUT2D eigenvalue weighted by atomic mass is 10.2. The van der Waals surface area contributed by atoms with Gasteiger partial charge in [0, 0.05) is 19.2 Å². The Morgan fingerprint density at radius 2 is 2.00 bits per heavy atom. The molecule has 0 aliphatic carbocycles. The van der Waals surface area contributed by atoms with Crippen molar-refractivity contribution in [3.05, 3.63) is 17.5 Å². The zero-order valence-electron chi connectivity index (χ0n) is 13.4. The van der Waals surface area contributed by atoms with Crippen molar-refractivity contribution in [2.75, 3.05) is 13.1 Å². The van der Waals surface area contributed by atoms with Crippen molar-refractivity contribution in [2.45, 2.75) is 59.4 Å². The van der Waals surface area contributed by atoms with E-state index in [1.165, 1.54) is 25.7 Å². The van der Waals surface area contributed by atoms with E-state index in [9.17, 15) is 0 Å². The Morgan fingerprint density at radius 3 is 2.62 bits per heavy atom. The number of nitrogens with zero attached hydrogens (tertiary/aromatic N) is 2. The summed E-state index contributed by atoms with van der Waals surface area (Å²) in [5.74, 6) is 1.66. The number of halogens is 1. The Labute approximate surface area is 145 Å². The van der Waals surface area contributed by atoms with E-state index in [0.717, 1.165) is 36.9 Å². The number of unbranched alkanes of at least 4 members (excludes halogenated alkanes) is 3. The van der Waals surface area contributed by atoms with Crippen molar-refractivity contribution in [3.63, 3.8) is 0 Å². The minimum Gasteiger partial charge on any atom is -0.359 e. The van der Waals surface area contributed by atoms with Gasteiger partial charge >= 0.3 is 0 Å². The van der Waals surface area contributed by atoms with Crippen LogP contribution in [-0.2, 0) is 13.0 Å². The van der Waals surface area contributed by atoms with Crippen LogP contribution in [0.2, 0.25) is 0 Å². The molecule has 0 unspecified atom stereocenters. The third kappa shape index (κ3) is 8.95. The molecule has 0 saturated heterocycles. The van der Waals surface area contributed by atoms with Crippen LogP contribution < -0.4 is 10.6 Å². The molecule has 5 nitrogen and oxygen atoms in total. The van der Waals surface area contributed by atoms with Gasteiger partial charge in [-0.15, -0.1) is 24.0 Å². The second kappa shape index (κ2) is 12.9. The lowest BCUT2D eigenvalue weighted by Gasteiger charge is -2.10. The summed E-state index contributed by atoms with van der Waals surface area (Å²) in [4.78, 5) is 4.51. The van der Waals surface area contributed by atoms with E-state index in [1.807, 2.05) is 6.07 Å². The molecule has 0 aliphatic heterocycles. The average molecular weight is 408 g/mol. The number of hydrogen-bond acceptors (Lipinski definition) is 3. The second-order valence-electron chi connectivity index (χ2n) is 4.82. The molecule has 0 fully saturated rings. The largest absolute Gasteiger partial charge is 0.359 e. The highest BCUT2D eigenvalue weighted by molar-refractivity contribution is 14.0. The van der Waals surface area contributed by atoms with Gasteiger partial charge in [0.2, 0.25) is 0 Å². The summed E-state index contributed by atoms with van der Waals surface area (Å²) >= 11 is 0. The zero-order valence-corrected chi connectivity index (χ0v) is 15.8. The van der Waals surface area contributed by atoms with E-state index in [1.54, 1.807) is 0 Å². The van der Waals surface area contributed by atoms with Crippen LogP contribution in [0.3, 0.4) is 0 Å². The molecule has 0 atom stereocenters. The van der Waals surface area contributed by atoms with Crippen molar-refractivity contribution >= 4 is 29.9 Å². The van der Waals surface area contributed by atoms with Gasteiger partial charge in [-0.25, -0.2) is 4.99 Å². The molecule has 1 rings (SSSR count). The fourth-order valence-electron chi connectivity index (χ4n) is 1.85. The van der Waals surface area contributed by atoms with Crippen LogP contribution in [0.15, 0.2) is 15.6 Å². The maximum Gasteiger partial charge on any atom is 0.191 e. The molecule has 0 bridgehead atoms. The zero-order chi connectivity index (χ0) is 14.6. The van der Waals surface area contributed by atoms with Gasteiger partial charge < -0.3 is 15.2 Å². The lowest BCUT2D eigenvalue weighted by Crippen LogP contribution is -2.37. The molecule has 21 heavy (non-hydrogen) atoms. The van der Waals surface area contributed by atoms with Crippen LogP contribution in [0.4, 0.5) is 0 Å². The molecule has 122 valence electrons. The van der Waals surface area contributed by atoms with Gasteiger partial charge in [0.25, 0.3) is 0 Å². The number of aryl methyl sites for hydroxylation is 1. The third-order valence-corrected chi connectivity index (χ3v) is 3.03. The maximum absolute atomic E-state index is 5.23. The number of hydrogen-bond donors (Lipinski definition) is 2. The summed E-state index contributed by atoms with van der Waals surface area (Å²) in [6.07, 6.45) is 5.90. The summed E-state index contributed by atoms with van der Waals surface area (Å²) in [5, 5.41) is 10.6. The molecule has 0 spiro atoms. The fourth-order valence-corrected chi connectivity index (χ4v) is 1.85. The van der Waals surface area contributed by atoms with Crippen LogP contribution in [0, 0.1) is 0 Å². The van der Waals surface area contributed by atoms with Gasteiger partial charge in [0.15, 0.2) is 11.7 Å². The van der Waals surface area contributed by atoms with E-state index in [-0.39, 0.29) is 24.0 Å². The summed E-state index contributed by atoms with van der Waals surface area (Å²) in [6, 6.07) is 1.97. The van der Waals surface area contributed by atoms with Crippen LogP contribution in [0.25, 0.3) is 0 Å². The van der Waals surface area contributed by atoms with E-state index in [2.05, 4.69) is 41.6 Å². The molecule has 2 N–H and O–H groups in total. The highest BCUT2D eigenvalue weighted by atomic mass is 127. The number of nitrogens with one attached hydrogen (secondary N) is 2. The second-order valence-corrected chi connectivity index (χ2v) is 4.82. The van der Waals surface area contributed by atoms with Crippen molar-refractivity contribution in [1.29, 1.82) is 0 Å². The summed E-state index contributed by atoms with van der Waals surface area (Å²) in [7, 11) is 0. The summed E-state index contributed by atoms with van der Waals surface area (Å²) < 4.78 is 5.23. The predicted molar refractivity (Wildman–Crippen MR) is 98.3 cm³/mol. The molecule has 0 saturated carbocycles. The molecular weight excluding hydrogens is 379 g/mol. The normalized spacial score (nSPS) is 11.1. The van der Waals surface area contributed by atoms with Crippen molar-refractivity contribution in [2.24, 2.45) is 4.99 Å². The Balaban J connectivity index is 0.00000400. The number of aromatic nitrogens is 1. The van der Waals surface area contributed by atoms with E-state index in [4.69, 9.17) is 4.52 Å². The predicted octanol–water partition coefficient (Wildman–Crippen LogP) is 3.49. The molecular formula is C15H29IN4O. The molecule has 1 aromatic rings. The topological polar surface area (TPSA) is 62.5 Å². The van der Waals surface area contributed by atoms with E-state index < -0.39 is 0 Å². The maximum atomic E-state index is 5.23. The van der Waals surface area contributed by atoms with Crippen LogP contribution in [0.1, 0.15) is 57.9 Å².